The summed E-state index contributed by atoms with van der Waals surface area (Å²) in [5.74, 6) is -5.59. The lowest BCUT2D eigenvalue weighted by molar-refractivity contribution is -0.153. The second-order valence-electron chi connectivity index (χ2n) is 3.74. The summed E-state index contributed by atoms with van der Waals surface area (Å²) in [5, 5.41) is 0. The highest BCUT2D eigenvalue weighted by atomic mass is 79.9. The number of fused-ring (bicyclic) bond motifs is 1. The Hall–Kier alpha value is -0.750. The number of alkyl halides is 2. The molecule has 2 rings (SSSR count). The highest BCUT2D eigenvalue weighted by Crippen LogP contribution is 2.47. The number of hydrogen-bond donors (Lipinski definition) is 0. The molecule has 1 saturated heterocycles. The molecule has 1 unspecified atom stereocenters. The van der Waals surface area contributed by atoms with E-state index in [0.717, 1.165) is 4.90 Å². The Kier molecular flexibility index (Phi) is 2.88. The first kappa shape index (κ1) is 11.7. The van der Waals surface area contributed by atoms with Gasteiger partial charge in [0.05, 0.1) is 5.92 Å². The van der Waals surface area contributed by atoms with E-state index in [1.807, 2.05) is 0 Å². The number of halogens is 3. The molecule has 3 nitrogen and oxygen atoms in total. The molecule has 1 heterocycles. The zero-order valence-electron chi connectivity index (χ0n) is 8.54. The number of carbonyl (C=O) groups excluding carboxylic acids is 1. The van der Waals surface area contributed by atoms with Gasteiger partial charge in [-0.2, -0.15) is 8.78 Å². The summed E-state index contributed by atoms with van der Waals surface area (Å²) in [6, 6.07) is 0. The maximum Gasteiger partial charge on any atom is 0.333 e. The Morgan fingerprint density at radius 2 is 2.31 bits per heavy atom. The summed E-state index contributed by atoms with van der Waals surface area (Å²) < 4.78 is 32.8. The van der Waals surface area contributed by atoms with Crippen LogP contribution in [-0.4, -0.2) is 30.6 Å². The van der Waals surface area contributed by atoms with Gasteiger partial charge in [-0.3, -0.25) is 9.69 Å². The van der Waals surface area contributed by atoms with Crippen molar-refractivity contribution in [3.63, 3.8) is 0 Å². The minimum absolute atomic E-state index is 0.137. The molecule has 88 valence electrons. The van der Waals surface area contributed by atoms with Crippen LogP contribution in [0, 0.1) is 5.92 Å². The third-order valence-corrected chi connectivity index (χ3v) is 3.32. The highest BCUT2D eigenvalue weighted by Gasteiger charge is 2.59. The standard InChI is InChI=1S/C10H10BrF2NO2/c1-16-5-14-8-3-2-6(11)4-7(8)10(12,13)9(14)15/h2-3,7H,4-5H2,1H3. The number of carbonyl (C=O) groups is 1. The topological polar surface area (TPSA) is 29.5 Å². The fraction of sp³-hybridized carbons (Fsp3) is 0.500. The van der Waals surface area contributed by atoms with Crippen molar-refractivity contribution < 1.29 is 18.3 Å². The van der Waals surface area contributed by atoms with Crippen LogP contribution in [0.15, 0.2) is 22.3 Å². The van der Waals surface area contributed by atoms with Crippen LogP contribution in [0.1, 0.15) is 6.42 Å². The Bertz CT molecular complexity index is 392. The third kappa shape index (κ3) is 1.60. The molecule has 1 aliphatic heterocycles. The number of allylic oxidation sites excluding steroid dienone is 4. The molecule has 0 bridgehead atoms. The molecule has 0 N–H and O–H groups in total. The monoisotopic (exact) mass is 293 g/mol. The van der Waals surface area contributed by atoms with E-state index in [9.17, 15) is 13.6 Å². The van der Waals surface area contributed by atoms with Gasteiger partial charge in [0.15, 0.2) is 0 Å². The van der Waals surface area contributed by atoms with Crippen LogP contribution in [0.2, 0.25) is 0 Å². The first-order valence-corrected chi connectivity index (χ1v) is 5.52. The fourth-order valence-electron chi connectivity index (χ4n) is 1.96. The lowest BCUT2D eigenvalue weighted by atomic mass is 9.94. The van der Waals surface area contributed by atoms with Crippen molar-refractivity contribution in [2.24, 2.45) is 5.92 Å². The molecule has 0 aromatic carbocycles. The second-order valence-corrected chi connectivity index (χ2v) is 4.75. The molecule has 0 spiro atoms. The molecule has 2 aliphatic rings. The Balaban J connectivity index is 2.39. The number of nitrogens with zero attached hydrogens (tertiary/aromatic N) is 1. The van der Waals surface area contributed by atoms with Crippen LogP contribution < -0.4 is 0 Å². The van der Waals surface area contributed by atoms with Crippen molar-refractivity contribution in [3.05, 3.63) is 22.3 Å². The average Bonchev–Trinajstić information content (AvgIpc) is 2.41. The Morgan fingerprint density at radius 3 is 2.94 bits per heavy atom. The summed E-state index contributed by atoms with van der Waals surface area (Å²) in [6.45, 7) is -0.137. The van der Waals surface area contributed by atoms with Crippen molar-refractivity contribution in [3.8, 4) is 0 Å². The van der Waals surface area contributed by atoms with Gasteiger partial charge in [-0.25, -0.2) is 0 Å². The van der Waals surface area contributed by atoms with Gasteiger partial charge in [0.25, 0.3) is 5.91 Å². The summed E-state index contributed by atoms with van der Waals surface area (Å²) in [7, 11) is 1.37. The van der Waals surface area contributed by atoms with Gasteiger partial charge in [-0.05, 0) is 17.0 Å². The highest BCUT2D eigenvalue weighted by molar-refractivity contribution is 9.11. The molecule has 1 fully saturated rings. The van der Waals surface area contributed by atoms with Crippen LogP contribution in [0.4, 0.5) is 8.78 Å². The summed E-state index contributed by atoms with van der Waals surface area (Å²) in [4.78, 5) is 12.5. The molecule has 1 aliphatic carbocycles. The third-order valence-electron chi connectivity index (χ3n) is 2.73. The van der Waals surface area contributed by atoms with Crippen molar-refractivity contribution in [2.75, 3.05) is 13.8 Å². The van der Waals surface area contributed by atoms with Gasteiger partial charge in [0, 0.05) is 12.8 Å². The first-order valence-electron chi connectivity index (χ1n) is 4.73. The van der Waals surface area contributed by atoms with Crippen LogP contribution in [-0.2, 0) is 9.53 Å². The lowest BCUT2D eigenvalue weighted by Gasteiger charge is -2.21. The van der Waals surface area contributed by atoms with E-state index < -0.39 is 17.7 Å². The normalized spacial score (nSPS) is 27.6. The lowest BCUT2D eigenvalue weighted by Crippen LogP contribution is -2.35. The number of rotatable bonds is 2. The average molecular weight is 294 g/mol. The largest absolute Gasteiger partial charge is 0.364 e. The number of hydrogen-bond acceptors (Lipinski definition) is 2. The molecule has 6 heteroatoms. The smallest absolute Gasteiger partial charge is 0.333 e. The number of methoxy groups -OCH3 is 1. The summed E-state index contributed by atoms with van der Waals surface area (Å²) in [6.07, 6.45) is 3.37. The van der Waals surface area contributed by atoms with Crippen molar-refractivity contribution in [1.29, 1.82) is 0 Å². The van der Waals surface area contributed by atoms with Gasteiger partial charge < -0.3 is 4.74 Å². The molecule has 0 saturated carbocycles. The van der Waals surface area contributed by atoms with E-state index in [4.69, 9.17) is 4.74 Å². The maximum atomic E-state index is 13.7. The SMILES string of the molecule is COCN1C(=O)C(F)(F)C2CC(Br)=CC=C21. The van der Waals surface area contributed by atoms with E-state index in [-0.39, 0.29) is 13.2 Å². The molecule has 16 heavy (non-hydrogen) atoms. The van der Waals surface area contributed by atoms with Gasteiger partial charge in [0.1, 0.15) is 6.73 Å². The summed E-state index contributed by atoms with van der Waals surface area (Å²) >= 11 is 3.18. The molecule has 0 aromatic heterocycles. The molecule has 0 radical (unpaired) electrons. The number of amides is 1. The van der Waals surface area contributed by atoms with Crippen LogP contribution in [0.5, 0.6) is 0 Å². The van der Waals surface area contributed by atoms with Gasteiger partial charge in [-0.15, -0.1) is 0 Å². The minimum atomic E-state index is -3.34. The Labute approximate surface area is 99.9 Å². The Morgan fingerprint density at radius 1 is 1.62 bits per heavy atom. The van der Waals surface area contributed by atoms with Gasteiger partial charge >= 0.3 is 5.92 Å². The zero-order valence-corrected chi connectivity index (χ0v) is 10.1. The predicted octanol–water partition coefficient (Wildman–Crippen LogP) is 2.25. The van der Waals surface area contributed by atoms with Crippen molar-refractivity contribution in [2.45, 2.75) is 12.3 Å². The van der Waals surface area contributed by atoms with E-state index >= 15 is 0 Å². The van der Waals surface area contributed by atoms with Gasteiger partial charge in [0.2, 0.25) is 0 Å². The second kappa shape index (κ2) is 3.92. The zero-order chi connectivity index (χ0) is 11.9. The minimum Gasteiger partial charge on any atom is -0.364 e. The summed E-state index contributed by atoms with van der Waals surface area (Å²) in [5.41, 5.74) is 0.333. The fourth-order valence-corrected chi connectivity index (χ4v) is 2.42. The molecule has 1 amide bonds. The van der Waals surface area contributed by atoms with Crippen molar-refractivity contribution in [1.82, 2.24) is 4.90 Å². The van der Waals surface area contributed by atoms with Crippen LogP contribution in [0.25, 0.3) is 0 Å². The maximum absolute atomic E-state index is 13.7. The van der Waals surface area contributed by atoms with Crippen LogP contribution in [0.3, 0.4) is 0 Å². The number of ether oxygens (including phenoxy) is 1. The first-order chi connectivity index (χ1) is 7.48. The van der Waals surface area contributed by atoms with Crippen molar-refractivity contribution >= 4 is 21.8 Å². The molecular weight excluding hydrogens is 284 g/mol. The molecule has 0 aromatic rings. The van der Waals surface area contributed by atoms with Crippen LogP contribution >= 0.6 is 15.9 Å². The van der Waals surface area contributed by atoms with E-state index in [2.05, 4.69) is 15.9 Å². The number of likely N-dealkylation sites (tertiary alicyclic amines) is 1. The molecule has 1 atom stereocenters. The van der Waals surface area contributed by atoms with Gasteiger partial charge in [-0.1, -0.05) is 22.0 Å². The van der Waals surface area contributed by atoms with E-state index in [1.54, 1.807) is 6.08 Å². The predicted molar refractivity (Wildman–Crippen MR) is 56.9 cm³/mol. The quantitative estimate of drug-likeness (QED) is 0.782. The van der Waals surface area contributed by atoms with E-state index in [1.165, 1.54) is 13.2 Å². The van der Waals surface area contributed by atoms with E-state index in [0.29, 0.717) is 10.2 Å². The molecular formula is C10H10BrF2NO2.